The Bertz CT molecular complexity index is 201. The summed E-state index contributed by atoms with van der Waals surface area (Å²) in [7, 11) is 0. The number of benzene rings is 1. The minimum absolute atomic E-state index is 0.450. The van der Waals surface area contributed by atoms with Crippen molar-refractivity contribution in [3.05, 3.63) is 30.3 Å². The Balaban J connectivity index is 2.61. The van der Waals surface area contributed by atoms with E-state index in [4.69, 9.17) is 10.0 Å². The molecule has 0 saturated heterocycles. The third-order valence-electron chi connectivity index (χ3n) is 1.23. The molecule has 0 aliphatic heterocycles. The smallest absolute Gasteiger partial charge is 0.0945 e. The van der Waals surface area contributed by atoms with Gasteiger partial charge in [0.2, 0.25) is 0 Å². The number of para-hydroxylation sites is 1. The first-order chi connectivity index (χ1) is 5.34. The SMILES string of the molecule is CCON(O)c1ccccc1. The molecule has 60 valence electrons. The normalized spacial score (nSPS) is 9.64. The summed E-state index contributed by atoms with van der Waals surface area (Å²) in [5, 5.41) is 9.90. The molecule has 3 nitrogen and oxygen atoms in total. The van der Waals surface area contributed by atoms with E-state index in [0.29, 0.717) is 12.3 Å². The average molecular weight is 153 g/mol. The molecule has 0 radical (unpaired) electrons. The van der Waals surface area contributed by atoms with E-state index in [1.165, 1.54) is 0 Å². The zero-order chi connectivity index (χ0) is 8.10. The highest BCUT2D eigenvalue weighted by Gasteiger charge is 1.98. The highest BCUT2D eigenvalue weighted by Crippen LogP contribution is 2.10. The molecule has 0 fully saturated rings. The van der Waals surface area contributed by atoms with Crippen LogP contribution in [0.4, 0.5) is 5.69 Å². The van der Waals surface area contributed by atoms with Crippen LogP contribution >= 0.6 is 0 Å². The predicted molar refractivity (Wildman–Crippen MR) is 42.3 cm³/mol. The van der Waals surface area contributed by atoms with Crippen LogP contribution in [0, 0.1) is 0 Å². The summed E-state index contributed by atoms with van der Waals surface area (Å²) in [5.74, 6) is 0. The van der Waals surface area contributed by atoms with Crippen LogP contribution in [0.3, 0.4) is 0 Å². The largest absolute Gasteiger partial charge is 0.264 e. The molecule has 0 heterocycles. The summed E-state index contributed by atoms with van der Waals surface area (Å²) in [6.45, 7) is 2.26. The second-order valence-electron chi connectivity index (χ2n) is 2.03. The Labute approximate surface area is 65.7 Å². The Morgan fingerprint density at radius 3 is 2.55 bits per heavy atom. The van der Waals surface area contributed by atoms with Crippen molar-refractivity contribution in [1.82, 2.24) is 0 Å². The number of hydrogen-bond acceptors (Lipinski definition) is 3. The van der Waals surface area contributed by atoms with Crippen molar-refractivity contribution >= 4 is 5.69 Å². The minimum Gasteiger partial charge on any atom is -0.264 e. The molecule has 0 saturated carbocycles. The van der Waals surface area contributed by atoms with E-state index < -0.39 is 0 Å². The van der Waals surface area contributed by atoms with Gasteiger partial charge in [0.1, 0.15) is 0 Å². The topological polar surface area (TPSA) is 32.7 Å². The van der Waals surface area contributed by atoms with Gasteiger partial charge in [-0.25, -0.2) is 4.84 Å². The third-order valence-corrected chi connectivity index (χ3v) is 1.23. The molecule has 1 rings (SSSR count). The van der Waals surface area contributed by atoms with Gasteiger partial charge < -0.3 is 0 Å². The number of anilines is 1. The zero-order valence-electron chi connectivity index (χ0n) is 6.40. The highest BCUT2D eigenvalue weighted by atomic mass is 16.9. The van der Waals surface area contributed by atoms with Crippen molar-refractivity contribution < 1.29 is 10.0 Å². The molecule has 0 aliphatic rings. The second kappa shape index (κ2) is 3.95. The van der Waals surface area contributed by atoms with Gasteiger partial charge in [-0.05, 0) is 19.1 Å². The van der Waals surface area contributed by atoms with Crippen molar-refractivity contribution in [2.24, 2.45) is 0 Å². The first-order valence-corrected chi connectivity index (χ1v) is 3.51. The van der Waals surface area contributed by atoms with Crippen LogP contribution in [0.1, 0.15) is 6.92 Å². The summed E-state index contributed by atoms with van der Waals surface area (Å²) in [6.07, 6.45) is 0. The average Bonchev–Trinajstić information content (AvgIpc) is 2.07. The Morgan fingerprint density at radius 2 is 2.00 bits per heavy atom. The van der Waals surface area contributed by atoms with Gasteiger partial charge in [-0.2, -0.15) is 0 Å². The van der Waals surface area contributed by atoms with Crippen LogP contribution in [0.15, 0.2) is 30.3 Å². The van der Waals surface area contributed by atoms with E-state index in [1.807, 2.05) is 25.1 Å². The first kappa shape index (κ1) is 8.04. The standard InChI is InChI=1S/C8H11NO2/c1-2-11-9(10)8-6-4-3-5-7-8/h3-7,10H,2H2,1H3. The highest BCUT2D eigenvalue weighted by molar-refractivity contribution is 5.40. The minimum atomic E-state index is 0.450. The van der Waals surface area contributed by atoms with E-state index in [-0.39, 0.29) is 0 Å². The van der Waals surface area contributed by atoms with Gasteiger partial charge in [-0.3, -0.25) is 5.21 Å². The van der Waals surface area contributed by atoms with Crippen molar-refractivity contribution in [2.45, 2.75) is 6.92 Å². The fourth-order valence-corrected chi connectivity index (χ4v) is 0.752. The monoisotopic (exact) mass is 153 g/mol. The number of nitrogens with zero attached hydrogens (tertiary/aromatic N) is 1. The molecule has 0 amide bonds. The summed E-state index contributed by atoms with van der Waals surface area (Å²) < 4.78 is 0. The van der Waals surface area contributed by atoms with Gasteiger partial charge in [-0.1, -0.05) is 18.2 Å². The van der Waals surface area contributed by atoms with E-state index in [0.717, 1.165) is 5.23 Å². The second-order valence-corrected chi connectivity index (χ2v) is 2.03. The van der Waals surface area contributed by atoms with Crippen molar-refractivity contribution in [1.29, 1.82) is 0 Å². The maximum absolute atomic E-state index is 9.13. The van der Waals surface area contributed by atoms with Crippen molar-refractivity contribution in [3.63, 3.8) is 0 Å². The maximum atomic E-state index is 9.13. The third kappa shape index (κ3) is 2.22. The molecule has 0 unspecified atom stereocenters. The van der Waals surface area contributed by atoms with Gasteiger partial charge in [-0.15, -0.1) is 5.23 Å². The summed E-state index contributed by atoms with van der Waals surface area (Å²) >= 11 is 0. The molecule has 0 atom stereocenters. The quantitative estimate of drug-likeness (QED) is 0.672. The fourth-order valence-electron chi connectivity index (χ4n) is 0.752. The molecule has 0 spiro atoms. The number of rotatable bonds is 3. The summed E-state index contributed by atoms with van der Waals surface area (Å²) in [4.78, 5) is 4.82. The molecule has 0 aliphatic carbocycles. The van der Waals surface area contributed by atoms with Gasteiger partial charge in [0.25, 0.3) is 0 Å². The van der Waals surface area contributed by atoms with Crippen LogP contribution in [0.25, 0.3) is 0 Å². The predicted octanol–water partition coefficient (Wildman–Crippen LogP) is 1.83. The van der Waals surface area contributed by atoms with E-state index in [2.05, 4.69) is 0 Å². The molecule has 1 aromatic carbocycles. The molecule has 11 heavy (non-hydrogen) atoms. The zero-order valence-corrected chi connectivity index (χ0v) is 6.40. The molecule has 0 bridgehead atoms. The molecule has 1 N–H and O–H groups in total. The molecular weight excluding hydrogens is 142 g/mol. The number of hydrogen-bond donors (Lipinski definition) is 1. The van der Waals surface area contributed by atoms with E-state index in [9.17, 15) is 0 Å². The molecule has 1 aromatic rings. The Hall–Kier alpha value is -1.06. The van der Waals surface area contributed by atoms with E-state index in [1.54, 1.807) is 12.1 Å². The fraction of sp³-hybridized carbons (Fsp3) is 0.250. The van der Waals surface area contributed by atoms with E-state index >= 15 is 0 Å². The Morgan fingerprint density at radius 1 is 1.36 bits per heavy atom. The van der Waals surface area contributed by atoms with Gasteiger partial charge >= 0.3 is 0 Å². The van der Waals surface area contributed by atoms with Gasteiger partial charge in [0.15, 0.2) is 0 Å². The van der Waals surface area contributed by atoms with Crippen LogP contribution in [-0.2, 0) is 4.84 Å². The van der Waals surface area contributed by atoms with Crippen molar-refractivity contribution in [3.8, 4) is 0 Å². The van der Waals surface area contributed by atoms with Crippen LogP contribution in [-0.4, -0.2) is 11.8 Å². The lowest BCUT2D eigenvalue weighted by atomic mass is 10.3. The molecule has 0 aromatic heterocycles. The lowest BCUT2D eigenvalue weighted by Gasteiger charge is -2.13. The molecule has 3 heteroatoms. The van der Waals surface area contributed by atoms with Crippen molar-refractivity contribution in [2.75, 3.05) is 11.8 Å². The summed E-state index contributed by atoms with van der Waals surface area (Å²) in [5.41, 5.74) is 0.634. The van der Waals surface area contributed by atoms with Crippen LogP contribution in [0.5, 0.6) is 0 Å². The van der Waals surface area contributed by atoms with Gasteiger partial charge in [0, 0.05) is 0 Å². The van der Waals surface area contributed by atoms with Crippen LogP contribution in [0.2, 0.25) is 0 Å². The summed E-state index contributed by atoms with van der Waals surface area (Å²) in [6, 6.07) is 9.06. The maximum Gasteiger partial charge on any atom is 0.0945 e. The lowest BCUT2D eigenvalue weighted by Crippen LogP contribution is -2.17. The lowest BCUT2D eigenvalue weighted by molar-refractivity contribution is -0.0353. The van der Waals surface area contributed by atoms with Crippen LogP contribution < -0.4 is 5.23 Å². The Kier molecular flexibility index (Phi) is 2.89. The van der Waals surface area contributed by atoms with Gasteiger partial charge in [0.05, 0.1) is 12.3 Å². The first-order valence-electron chi connectivity index (χ1n) is 3.51. The molecular formula is C8H11NO2.